The smallest absolute Gasteiger partial charge is 0.231 e. The normalized spacial score (nSPS) is 24.1. The maximum atomic E-state index is 6.02. The maximum absolute atomic E-state index is 6.02. The summed E-state index contributed by atoms with van der Waals surface area (Å²) in [6, 6.07) is 5.77. The summed E-state index contributed by atoms with van der Waals surface area (Å²) in [4.78, 5) is 8.58. The van der Waals surface area contributed by atoms with E-state index in [1.54, 1.807) is 6.20 Å². The standard InChI is InChI=1S/C12H14N4O/c13-9-5-3-4-8(9)12-15-11(16-17-12)10-6-1-2-7-14-10/h1-2,6-9H,3-5,13H2. The van der Waals surface area contributed by atoms with Crippen molar-refractivity contribution < 1.29 is 4.52 Å². The van der Waals surface area contributed by atoms with E-state index in [1.807, 2.05) is 18.2 Å². The molecule has 2 aromatic rings. The molecule has 0 saturated heterocycles. The lowest BCUT2D eigenvalue weighted by Crippen LogP contribution is -2.22. The Bertz CT molecular complexity index is 496. The first-order valence-electron chi connectivity index (χ1n) is 5.85. The first-order valence-corrected chi connectivity index (χ1v) is 5.85. The zero-order chi connectivity index (χ0) is 11.7. The van der Waals surface area contributed by atoms with Gasteiger partial charge in [0, 0.05) is 12.2 Å². The molecule has 0 radical (unpaired) electrons. The number of pyridine rings is 1. The molecule has 88 valence electrons. The van der Waals surface area contributed by atoms with E-state index in [-0.39, 0.29) is 12.0 Å². The predicted molar refractivity (Wildman–Crippen MR) is 62.1 cm³/mol. The van der Waals surface area contributed by atoms with E-state index in [0.29, 0.717) is 11.7 Å². The van der Waals surface area contributed by atoms with Crippen molar-refractivity contribution in [1.29, 1.82) is 0 Å². The Morgan fingerprint density at radius 2 is 2.24 bits per heavy atom. The van der Waals surface area contributed by atoms with E-state index < -0.39 is 0 Å². The van der Waals surface area contributed by atoms with Gasteiger partial charge in [0.05, 0.1) is 5.92 Å². The van der Waals surface area contributed by atoms with Crippen molar-refractivity contribution in [1.82, 2.24) is 15.1 Å². The fourth-order valence-electron chi connectivity index (χ4n) is 2.28. The van der Waals surface area contributed by atoms with E-state index in [0.717, 1.165) is 25.0 Å². The molecule has 17 heavy (non-hydrogen) atoms. The lowest BCUT2D eigenvalue weighted by atomic mass is 10.1. The van der Waals surface area contributed by atoms with Crippen molar-refractivity contribution in [3.8, 4) is 11.5 Å². The van der Waals surface area contributed by atoms with E-state index in [2.05, 4.69) is 15.1 Å². The summed E-state index contributed by atoms with van der Waals surface area (Å²) in [6.07, 6.45) is 4.91. The third-order valence-electron chi connectivity index (χ3n) is 3.22. The summed E-state index contributed by atoms with van der Waals surface area (Å²) in [5.74, 6) is 1.40. The first kappa shape index (κ1) is 10.4. The van der Waals surface area contributed by atoms with Crippen LogP contribution in [0.3, 0.4) is 0 Å². The molecule has 1 fully saturated rings. The quantitative estimate of drug-likeness (QED) is 0.850. The van der Waals surface area contributed by atoms with E-state index in [1.165, 1.54) is 0 Å². The molecule has 5 nitrogen and oxygen atoms in total. The minimum absolute atomic E-state index is 0.145. The Morgan fingerprint density at radius 3 is 2.94 bits per heavy atom. The van der Waals surface area contributed by atoms with Crippen LogP contribution in [-0.4, -0.2) is 21.2 Å². The van der Waals surface area contributed by atoms with Crippen LogP contribution in [0.4, 0.5) is 0 Å². The summed E-state index contributed by atoms with van der Waals surface area (Å²) in [5.41, 5.74) is 6.75. The summed E-state index contributed by atoms with van der Waals surface area (Å²) in [6.45, 7) is 0. The van der Waals surface area contributed by atoms with E-state index in [4.69, 9.17) is 10.3 Å². The highest BCUT2D eigenvalue weighted by molar-refractivity contribution is 5.47. The third kappa shape index (κ3) is 1.93. The Kier molecular flexibility index (Phi) is 2.60. The monoisotopic (exact) mass is 230 g/mol. The van der Waals surface area contributed by atoms with Crippen LogP contribution in [0.5, 0.6) is 0 Å². The van der Waals surface area contributed by atoms with Crippen LogP contribution in [0.25, 0.3) is 11.5 Å². The predicted octanol–water partition coefficient (Wildman–Crippen LogP) is 1.73. The van der Waals surface area contributed by atoms with Gasteiger partial charge in [-0.15, -0.1) is 0 Å². The average molecular weight is 230 g/mol. The van der Waals surface area contributed by atoms with Crippen molar-refractivity contribution in [2.45, 2.75) is 31.2 Å². The highest BCUT2D eigenvalue weighted by atomic mass is 16.5. The van der Waals surface area contributed by atoms with Crippen molar-refractivity contribution in [2.24, 2.45) is 5.73 Å². The molecule has 2 unspecified atom stereocenters. The zero-order valence-electron chi connectivity index (χ0n) is 9.41. The lowest BCUT2D eigenvalue weighted by molar-refractivity contribution is 0.345. The largest absolute Gasteiger partial charge is 0.339 e. The third-order valence-corrected chi connectivity index (χ3v) is 3.22. The summed E-state index contributed by atoms with van der Waals surface area (Å²) in [7, 11) is 0. The van der Waals surface area contributed by atoms with Crippen LogP contribution in [0, 0.1) is 0 Å². The SMILES string of the molecule is NC1CCCC1c1nc(-c2ccccn2)no1. The number of aromatic nitrogens is 3. The average Bonchev–Trinajstić information content (AvgIpc) is 2.98. The second kappa shape index (κ2) is 4.25. The molecule has 1 aliphatic carbocycles. The van der Waals surface area contributed by atoms with Gasteiger partial charge in [0.25, 0.3) is 0 Å². The number of nitrogens with zero attached hydrogens (tertiary/aromatic N) is 3. The molecule has 0 aromatic carbocycles. The zero-order valence-corrected chi connectivity index (χ0v) is 9.41. The van der Waals surface area contributed by atoms with Crippen molar-refractivity contribution >= 4 is 0 Å². The van der Waals surface area contributed by atoms with Crippen molar-refractivity contribution in [3.05, 3.63) is 30.3 Å². The van der Waals surface area contributed by atoms with Gasteiger partial charge in [-0.3, -0.25) is 4.98 Å². The molecule has 0 spiro atoms. The molecule has 0 aliphatic heterocycles. The number of hydrogen-bond donors (Lipinski definition) is 1. The summed E-state index contributed by atoms with van der Waals surface area (Å²) < 4.78 is 5.29. The van der Waals surface area contributed by atoms with Gasteiger partial charge in [0.2, 0.25) is 11.7 Å². The molecular formula is C12H14N4O. The van der Waals surface area contributed by atoms with Crippen molar-refractivity contribution in [3.63, 3.8) is 0 Å². The Balaban J connectivity index is 1.88. The molecule has 2 heterocycles. The molecule has 2 aromatic heterocycles. The first-order chi connectivity index (χ1) is 8.34. The van der Waals surface area contributed by atoms with Crippen LogP contribution >= 0.6 is 0 Å². The highest BCUT2D eigenvalue weighted by Gasteiger charge is 2.30. The molecule has 1 aliphatic rings. The molecule has 2 N–H and O–H groups in total. The molecule has 1 saturated carbocycles. The van der Waals surface area contributed by atoms with E-state index >= 15 is 0 Å². The van der Waals surface area contributed by atoms with Gasteiger partial charge >= 0.3 is 0 Å². The van der Waals surface area contributed by atoms with Crippen LogP contribution in [-0.2, 0) is 0 Å². The van der Waals surface area contributed by atoms with Crippen LogP contribution < -0.4 is 5.73 Å². The molecular weight excluding hydrogens is 216 g/mol. The molecule has 3 rings (SSSR count). The van der Waals surface area contributed by atoms with Gasteiger partial charge in [0.15, 0.2) is 0 Å². The minimum Gasteiger partial charge on any atom is -0.339 e. The topological polar surface area (TPSA) is 77.8 Å². The molecule has 0 amide bonds. The second-order valence-corrected chi connectivity index (χ2v) is 4.37. The van der Waals surface area contributed by atoms with Crippen molar-refractivity contribution in [2.75, 3.05) is 0 Å². The molecule has 5 heteroatoms. The van der Waals surface area contributed by atoms with Crippen LogP contribution in [0.2, 0.25) is 0 Å². The highest BCUT2D eigenvalue weighted by Crippen LogP contribution is 2.32. The van der Waals surface area contributed by atoms with Gasteiger partial charge in [-0.1, -0.05) is 17.6 Å². The lowest BCUT2D eigenvalue weighted by Gasteiger charge is -2.08. The van der Waals surface area contributed by atoms with Gasteiger partial charge in [-0.2, -0.15) is 4.98 Å². The minimum atomic E-state index is 0.145. The maximum Gasteiger partial charge on any atom is 0.231 e. The second-order valence-electron chi connectivity index (χ2n) is 4.37. The fraction of sp³-hybridized carbons (Fsp3) is 0.417. The van der Waals surface area contributed by atoms with Gasteiger partial charge in [0.1, 0.15) is 5.69 Å². The number of rotatable bonds is 2. The van der Waals surface area contributed by atoms with E-state index in [9.17, 15) is 0 Å². The Morgan fingerprint density at radius 1 is 1.29 bits per heavy atom. The van der Waals surface area contributed by atoms with Gasteiger partial charge in [-0.25, -0.2) is 0 Å². The number of nitrogens with two attached hydrogens (primary N) is 1. The summed E-state index contributed by atoms with van der Waals surface area (Å²) >= 11 is 0. The summed E-state index contributed by atoms with van der Waals surface area (Å²) in [5, 5.41) is 3.96. The van der Waals surface area contributed by atoms with Gasteiger partial charge in [-0.05, 0) is 25.0 Å². The number of hydrogen-bond acceptors (Lipinski definition) is 5. The molecule has 2 atom stereocenters. The molecule has 0 bridgehead atoms. The fourth-order valence-corrected chi connectivity index (χ4v) is 2.28. The van der Waals surface area contributed by atoms with Crippen LogP contribution in [0.15, 0.2) is 28.9 Å². The van der Waals surface area contributed by atoms with Gasteiger partial charge < -0.3 is 10.3 Å². The Labute approximate surface area is 99.1 Å². The Hall–Kier alpha value is -1.75. The van der Waals surface area contributed by atoms with Crippen LogP contribution in [0.1, 0.15) is 31.1 Å².